The Morgan fingerprint density at radius 1 is 1.33 bits per heavy atom. The number of piperidine rings is 1. The minimum absolute atomic E-state index is 0.0477. The van der Waals surface area contributed by atoms with Crippen molar-refractivity contribution in [2.24, 2.45) is 5.73 Å². The second kappa shape index (κ2) is 6.34. The number of rotatable bonds is 4. The third kappa shape index (κ3) is 3.57. The number of hydrogen-bond acceptors (Lipinski definition) is 3. The second-order valence-electron chi connectivity index (χ2n) is 6.16. The molecular weight excluding hydrogens is 286 g/mol. The number of benzene rings is 1. The van der Waals surface area contributed by atoms with Gasteiger partial charge in [-0.1, -0.05) is 17.7 Å². The number of nitrogens with two attached hydrogens (primary N) is 1. The van der Waals surface area contributed by atoms with Crippen LogP contribution in [0.5, 0.6) is 0 Å². The summed E-state index contributed by atoms with van der Waals surface area (Å²) in [6.45, 7) is 0.828. The van der Waals surface area contributed by atoms with Crippen LogP contribution in [0.3, 0.4) is 0 Å². The lowest BCUT2D eigenvalue weighted by Gasteiger charge is -2.37. The first-order valence-corrected chi connectivity index (χ1v) is 8.06. The first-order chi connectivity index (χ1) is 10.1. The highest BCUT2D eigenvalue weighted by atomic mass is 35.5. The van der Waals surface area contributed by atoms with Gasteiger partial charge in [0.15, 0.2) is 0 Å². The normalized spacial score (nSPS) is 28.6. The molecule has 21 heavy (non-hydrogen) atoms. The number of amides is 1. The molecule has 0 aromatic heterocycles. The van der Waals surface area contributed by atoms with Gasteiger partial charge in [0.05, 0.1) is 0 Å². The Bertz CT molecular complexity index is 508. The minimum atomic E-state index is 0.0477. The molecule has 1 aromatic carbocycles. The molecule has 0 radical (unpaired) electrons. The van der Waals surface area contributed by atoms with Crippen LogP contribution in [0, 0.1) is 0 Å². The summed E-state index contributed by atoms with van der Waals surface area (Å²) in [4.78, 5) is 14.5. The van der Waals surface area contributed by atoms with Gasteiger partial charge in [-0.25, -0.2) is 0 Å². The Balaban J connectivity index is 1.50. The number of halogens is 1. The number of nitrogens with one attached hydrogen (secondary N) is 1. The molecule has 2 aliphatic heterocycles. The van der Waals surface area contributed by atoms with Gasteiger partial charge >= 0.3 is 0 Å². The lowest BCUT2D eigenvalue weighted by Crippen LogP contribution is -2.48. The van der Waals surface area contributed by atoms with Gasteiger partial charge in [-0.05, 0) is 43.9 Å². The number of anilines is 1. The number of fused-ring (bicyclic) bond motifs is 2. The number of hydrogen-bond donors (Lipinski definition) is 2. The van der Waals surface area contributed by atoms with Gasteiger partial charge in [0, 0.05) is 41.8 Å². The van der Waals surface area contributed by atoms with E-state index >= 15 is 0 Å². The molecule has 0 spiro atoms. The van der Waals surface area contributed by atoms with Crippen molar-refractivity contribution in [1.82, 2.24) is 4.90 Å². The van der Waals surface area contributed by atoms with Crippen LogP contribution in [0.4, 0.5) is 5.69 Å². The zero-order valence-corrected chi connectivity index (χ0v) is 12.9. The van der Waals surface area contributed by atoms with Crippen LogP contribution in [-0.2, 0) is 4.79 Å². The third-order valence-electron chi connectivity index (χ3n) is 4.63. The molecule has 2 unspecified atom stereocenters. The maximum atomic E-state index is 12.1. The Hall–Kier alpha value is -1.10. The molecule has 2 fully saturated rings. The number of nitrogens with zero attached hydrogens (tertiary/aromatic N) is 1. The van der Waals surface area contributed by atoms with Crippen LogP contribution in [0.2, 0.25) is 5.02 Å². The SMILES string of the molecule is NC1CC2CCC(C1)N2CCC(=O)Nc1cccc(Cl)c1. The van der Waals surface area contributed by atoms with Gasteiger partial charge in [-0.15, -0.1) is 0 Å². The van der Waals surface area contributed by atoms with Gasteiger partial charge in [0.1, 0.15) is 0 Å². The van der Waals surface area contributed by atoms with E-state index in [9.17, 15) is 4.79 Å². The van der Waals surface area contributed by atoms with Crippen LogP contribution in [0.25, 0.3) is 0 Å². The molecule has 1 aromatic rings. The maximum absolute atomic E-state index is 12.1. The highest BCUT2D eigenvalue weighted by Gasteiger charge is 2.39. The number of carbonyl (C=O) groups is 1. The van der Waals surface area contributed by atoms with Gasteiger partial charge in [-0.3, -0.25) is 9.69 Å². The summed E-state index contributed by atoms with van der Waals surface area (Å²) in [5.41, 5.74) is 6.83. The Kier molecular flexibility index (Phi) is 4.48. The maximum Gasteiger partial charge on any atom is 0.225 e. The lowest BCUT2D eigenvalue weighted by molar-refractivity contribution is -0.116. The molecule has 2 bridgehead atoms. The van der Waals surface area contributed by atoms with E-state index in [1.807, 2.05) is 12.1 Å². The quantitative estimate of drug-likeness (QED) is 0.899. The van der Waals surface area contributed by atoms with Crippen molar-refractivity contribution >= 4 is 23.2 Å². The summed E-state index contributed by atoms with van der Waals surface area (Å²) in [7, 11) is 0. The summed E-state index contributed by atoms with van der Waals surface area (Å²) in [5, 5.41) is 3.54. The van der Waals surface area contributed by atoms with Crippen LogP contribution in [0.1, 0.15) is 32.1 Å². The standard InChI is InChI=1S/C16H22ClN3O/c17-11-2-1-3-13(8-11)19-16(21)6-7-20-14-4-5-15(20)10-12(18)9-14/h1-3,8,12,14-15H,4-7,9-10,18H2,(H,19,21). The van der Waals surface area contributed by atoms with E-state index in [2.05, 4.69) is 10.2 Å². The molecule has 1 amide bonds. The van der Waals surface area contributed by atoms with Gasteiger partial charge in [0.2, 0.25) is 5.91 Å². The molecule has 5 heteroatoms. The largest absolute Gasteiger partial charge is 0.328 e. The van der Waals surface area contributed by atoms with E-state index < -0.39 is 0 Å². The van der Waals surface area contributed by atoms with Crippen molar-refractivity contribution in [3.63, 3.8) is 0 Å². The van der Waals surface area contributed by atoms with Crippen molar-refractivity contribution in [2.75, 3.05) is 11.9 Å². The van der Waals surface area contributed by atoms with Crippen molar-refractivity contribution < 1.29 is 4.79 Å². The predicted octanol–water partition coefficient (Wildman–Crippen LogP) is 2.62. The van der Waals surface area contributed by atoms with Crippen molar-refractivity contribution in [3.05, 3.63) is 29.3 Å². The van der Waals surface area contributed by atoms with Crippen molar-refractivity contribution in [2.45, 2.75) is 50.2 Å². The summed E-state index contributed by atoms with van der Waals surface area (Å²) in [6.07, 6.45) is 5.14. The van der Waals surface area contributed by atoms with E-state index in [1.54, 1.807) is 12.1 Å². The molecule has 2 heterocycles. The molecule has 2 atom stereocenters. The Morgan fingerprint density at radius 3 is 2.71 bits per heavy atom. The van der Waals surface area contributed by atoms with E-state index in [-0.39, 0.29) is 5.91 Å². The van der Waals surface area contributed by atoms with Gasteiger partial charge in [0.25, 0.3) is 0 Å². The fraction of sp³-hybridized carbons (Fsp3) is 0.562. The van der Waals surface area contributed by atoms with Crippen LogP contribution in [0.15, 0.2) is 24.3 Å². The summed E-state index contributed by atoms with van der Waals surface area (Å²) >= 11 is 5.92. The molecule has 3 N–H and O–H groups in total. The third-order valence-corrected chi connectivity index (χ3v) is 4.86. The fourth-order valence-electron chi connectivity index (χ4n) is 3.70. The van der Waals surface area contributed by atoms with E-state index in [1.165, 1.54) is 12.8 Å². The van der Waals surface area contributed by atoms with E-state index in [4.69, 9.17) is 17.3 Å². The molecule has 2 aliphatic rings. The average Bonchev–Trinajstić information content (AvgIpc) is 2.67. The average molecular weight is 308 g/mol. The van der Waals surface area contributed by atoms with Crippen LogP contribution in [-0.4, -0.2) is 35.5 Å². The smallest absolute Gasteiger partial charge is 0.225 e. The zero-order chi connectivity index (χ0) is 14.8. The van der Waals surface area contributed by atoms with Crippen molar-refractivity contribution in [1.29, 1.82) is 0 Å². The Labute approximate surface area is 130 Å². The lowest BCUT2D eigenvalue weighted by atomic mass is 9.98. The van der Waals surface area contributed by atoms with E-state index in [0.717, 1.165) is 25.1 Å². The molecule has 3 rings (SSSR count). The molecule has 2 saturated heterocycles. The first kappa shape index (κ1) is 14.8. The second-order valence-corrected chi connectivity index (χ2v) is 6.60. The molecule has 114 valence electrons. The van der Waals surface area contributed by atoms with Crippen LogP contribution < -0.4 is 11.1 Å². The number of carbonyl (C=O) groups excluding carboxylic acids is 1. The predicted molar refractivity (Wildman–Crippen MR) is 85.4 cm³/mol. The highest BCUT2D eigenvalue weighted by Crippen LogP contribution is 2.34. The summed E-state index contributed by atoms with van der Waals surface area (Å²) in [5.74, 6) is 0.0477. The molecule has 0 saturated carbocycles. The van der Waals surface area contributed by atoms with E-state index in [0.29, 0.717) is 29.6 Å². The summed E-state index contributed by atoms with van der Waals surface area (Å²) < 4.78 is 0. The van der Waals surface area contributed by atoms with Gasteiger partial charge in [-0.2, -0.15) is 0 Å². The zero-order valence-electron chi connectivity index (χ0n) is 12.1. The topological polar surface area (TPSA) is 58.4 Å². The van der Waals surface area contributed by atoms with Gasteiger partial charge < -0.3 is 11.1 Å². The van der Waals surface area contributed by atoms with Crippen molar-refractivity contribution in [3.8, 4) is 0 Å². The molecule has 4 nitrogen and oxygen atoms in total. The molecular formula is C16H22ClN3O. The minimum Gasteiger partial charge on any atom is -0.328 e. The first-order valence-electron chi connectivity index (χ1n) is 7.68. The Morgan fingerprint density at radius 2 is 2.05 bits per heavy atom. The monoisotopic (exact) mass is 307 g/mol. The highest BCUT2D eigenvalue weighted by molar-refractivity contribution is 6.30. The van der Waals surface area contributed by atoms with Crippen LogP contribution >= 0.6 is 11.6 Å². The fourth-order valence-corrected chi connectivity index (χ4v) is 3.89. The molecule has 0 aliphatic carbocycles. The summed E-state index contributed by atoms with van der Waals surface area (Å²) in [6, 6.07) is 8.77.